The molecule has 7 heteroatoms. The summed E-state index contributed by atoms with van der Waals surface area (Å²) in [7, 11) is 3.46. The van der Waals surface area contributed by atoms with Gasteiger partial charge in [-0.3, -0.25) is 19.5 Å². The molecule has 1 aliphatic heterocycles. The third-order valence-electron chi connectivity index (χ3n) is 5.61. The average Bonchev–Trinajstić information content (AvgIpc) is 2.90. The van der Waals surface area contributed by atoms with Gasteiger partial charge in [0.2, 0.25) is 0 Å². The van der Waals surface area contributed by atoms with Crippen LogP contribution in [-0.4, -0.2) is 63.1 Å². The van der Waals surface area contributed by atoms with Gasteiger partial charge in [0, 0.05) is 40.4 Å². The fraction of sp³-hybridized carbons (Fsp3) is 0.550. The molecule has 2 aliphatic rings. The fourth-order valence-electron chi connectivity index (χ4n) is 3.73. The van der Waals surface area contributed by atoms with Crippen LogP contribution in [0.15, 0.2) is 29.3 Å². The standard InChI is InChI=1S/C20H28N4O3/c1-21-19(23-14-20(8-5-9-20)10-13-27-2)22-11-12-24-17(25)15-6-3-4-7-16(15)18(24)26/h3-4,6-7H,5,8-14H2,1-2H3,(H2,21,22,23). The van der Waals surface area contributed by atoms with Crippen molar-refractivity contribution < 1.29 is 14.3 Å². The van der Waals surface area contributed by atoms with E-state index >= 15 is 0 Å². The molecule has 1 heterocycles. The highest BCUT2D eigenvalue weighted by Gasteiger charge is 2.37. The summed E-state index contributed by atoms with van der Waals surface area (Å²) >= 11 is 0. The number of methoxy groups -OCH3 is 1. The summed E-state index contributed by atoms with van der Waals surface area (Å²) in [5.41, 5.74) is 1.25. The molecule has 0 unspecified atom stereocenters. The Balaban J connectivity index is 1.47. The molecule has 0 spiro atoms. The monoisotopic (exact) mass is 372 g/mol. The predicted octanol–water partition coefficient (Wildman–Crippen LogP) is 1.65. The number of rotatable bonds is 8. The molecule has 1 saturated carbocycles. The van der Waals surface area contributed by atoms with E-state index in [1.165, 1.54) is 24.2 Å². The minimum absolute atomic E-state index is 0.228. The molecule has 3 rings (SSSR count). The summed E-state index contributed by atoms with van der Waals surface area (Å²) in [6.45, 7) is 2.38. The summed E-state index contributed by atoms with van der Waals surface area (Å²) in [5, 5.41) is 6.58. The first-order chi connectivity index (χ1) is 13.1. The van der Waals surface area contributed by atoms with Crippen molar-refractivity contribution in [3.8, 4) is 0 Å². The van der Waals surface area contributed by atoms with Gasteiger partial charge in [-0.1, -0.05) is 18.6 Å². The smallest absolute Gasteiger partial charge is 0.261 e. The number of carbonyl (C=O) groups is 2. The Morgan fingerprint density at radius 1 is 1.19 bits per heavy atom. The van der Waals surface area contributed by atoms with Gasteiger partial charge in [-0.05, 0) is 36.8 Å². The molecule has 0 radical (unpaired) electrons. The minimum atomic E-state index is -0.228. The minimum Gasteiger partial charge on any atom is -0.385 e. The number of amides is 2. The molecular weight excluding hydrogens is 344 g/mol. The molecule has 1 aromatic carbocycles. The van der Waals surface area contributed by atoms with Gasteiger partial charge >= 0.3 is 0 Å². The second-order valence-corrected chi connectivity index (χ2v) is 7.26. The fourth-order valence-corrected chi connectivity index (χ4v) is 3.73. The van der Waals surface area contributed by atoms with E-state index in [2.05, 4.69) is 15.6 Å². The topological polar surface area (TPSA) is 83.0 Å². The quantitative estimate of drug-likeness (QED) is 0.412. The lowest BCUT2D eigenvalue weighted by Crippen LogP contribution is -2.48. The zero-order chi connectivity index (χ0) is 19.3. The molecule has 1 fully saturated rings. The van der Waals surface area contributed by atoms with Crippen molar-refractivity contribution in [2.24, 2.45) is 10.4 Å². The van der Waals surface area contributed by atoms with Gasteiger partial charge in [0.25, 0.3) is 11.8 Å². The molecule has 0 aromatic heterocycles. The van der Waals surface area contributed by atoms with Crippen LogP contribution >= 0.6 is 0 Å². The number of carbonyl (C=O) groups excluding carboxylic acids is 2. The number of hydrogen-bond donors (Lipinski definition) is 2. The molecule has 2 N–H and O–H groups in total. The van der Waals surface area contributed by atoms with Crippen molar-refractivity contribution in [2.75, 3.05) is 40.4 Å². The first-order valence-corrected chi connectivity index (χ1v) is 9.49. The lowest BCUT2D eigenvalue weighted by Gasteiger charge is -2.42. The summed E-state index contributed by atoms with van der Waals surface area (Å²) < 4.78 is 5.23. The number of imide groups is 1. The van der Waals surface area contributed by atoms with Crippen LogP contribution in [-0.2, 0) is 4.74 Å². The van der Waals surface area contributed by atoms with Gasteiger partial charge in [0.15, 0.2) is 5.96 Å². The van der Waals surface area contributed by atoms with Gasteiger partial charge in [-0.15, -0.1) is 0 Å². The van der Waals surface area contributed by atoms with Gasteiger partial charge in [-0.25, -0.2) is 0 Å². The second-order valence-electron chi connectivity index (χ2n) is 7.26. The van der Waals surface area contributed by atoms with E-state index in [0.717, 1.165) is 19.6 Å². The number of ether oxygens (including phenoxy) is 1. The van der Waals surface area contributed by atoms with Crippen LogP contribution in [0.3, 0.4) is 0 Å². The normalized spacial score (nSPS) is 18.3. The van der Waals surface area contributed by atoms with E-state index < -0.39 is 0 Å². The maximum atomic E-state index is 12.4. The molecule has 0 saturated heterocycles. The van der Waals surface area contributed by atoms with Crippen molar-refractivity contribution in [3.63, 3.8) is 0 Å². The molecule has 0 atom stereocenters. The van der Waals surface area contributed by atoms with Crippen LogP contribution in [0.2, 0.25) is 0 Å². The molecule has 7 nitrogen and oxygen atoms in total. The molecule has 1 aliphatic carbocycles. The van der Waals surface area contributed by atoms with Gasteiger partial charge in [-0.2, -0.15) is 0 Å². The predicted molar refractivity (Wildman–Crippen MR) is 104 cm³/mol. The SMILES string of the molecule is CN=C(NCCN1C(=O)c2ccccc2C1=O)NCC1(CCOC)CCC1. The van der Waals surface area contributed by atoms with Gasteiger partial charge < -0.3 is 15.4 Å². The number of fused-ring (bicyclic) bond motifs is 1. The zero-order valence-corrected chi connectivity index (χ0v) is 16.1. The Hall–Kier alpha value is -2.41. The largest absolute Gasteiger partial charge is 0.385 e. The van der Waals surface area contributed by atoms with Crippen LogP contribution < -0.4 is 10.6 Å². The first-order valence-electron chi connectivity index (χ1n) is 9.49. The maximum Gasteiger partial charge on any atom is 0.261 e. The van der Waals surface area contributed by atoms with Crippen LogP contribution in [0.25, 0.3) is 0 Å². The van der Waals surface area contributed by atoms with Crippen molar-refractivity contribution in [1.29, 1.82) is 0 Å². The number of benzene rings is 1. The average molecular weight is 372 g/mol. The Bertz CT molecular complexity index is 693. The highest BCUT2D eigenvalue weighted by atomic mass is 16.5. The Morgan fingerprint density at radius 3 is 2.37 bits per heavy atom. The molecule has 27 heavy (non-hydrogen) atoms. The summed E-state index contributed by atoms with van der Waals surface area (Å²) in [6, 6.07) is 6.94. The summed E-state index contributed by atoms with van der Waals surface area (Å²) in [6.07, 6.45) is 4.71. The van der Waals surface area contributed by atoms with Crippen molar-refractivity contribution in [3.05, 3.63) is 35.4 Å². The van der Waals surface area contributed by atoms with Gasteiger partial charge in [0.1, 0.15) is 0 Å². The van der Waals surface area contributed by atoms with Gasteiger partial charge in [0.05, 0.1) is 11.1 Å². The van der Waals surface area contributed by atoms with E-state index in [4.69, 9.17) is 4.74 Å². The number of hydrogen-bond acceptors (Lipinski definition) is 4. The third-order valence-corrected chi connectivity index (χ3v) is 5.61. The molecule has 0 bridgehead atoms. The number of nitrogens with zero attached hydrogens (tertiary/aromatic N) is 2. The lowest BCUT2D eigenvalue weighted by molar-refractivity contribution is 0.0657. The van der Waals surface area contributed by atoms with E-state index in [1.54, 1.807) is 38.4 Å². The first kappa shape index (κ1) is 19.4. The van der Waals surface area contributed by atoms with E-state index in [0.29, 0.717) is 30.2 Å². The van der Waals surface area contributed by atoms with Crippen LogP contribution in [0.1, 0.15) is 46.4 Å². The van der Waals surface area contributed by atoms with Crippen LogP contribution in [0, 0.1) is 5.41 Å². The number of guanidine groups is 1. The molecule has 1 aromatic rings. The van der Waals surface area contributed by atoms with Crippen molar-refractivity contribution in [1.82, 2.24) is 15.5 Å². The van der Waals surface area contributed by atoms with E-state index in [1.807, 2.05) is 0 Å². The second kappa shape index (κ2) is 8.52. The molecule has 2 amide bonds. The number of aliphatic imine (C=N–C) groups is 1. The lowest BCUT2D eigenvalue weighted by atomic mass is 9.67. The van der Waals surface area contributed by atoms with E-state index in [9.17, 15) is 9.59 Å². The molecule has 146 valence electrons. The Labute approximate surface area is 160 Å². The van der Waals surface area contributed by atoms with Crippen molar-refractivity contribution in [2.45, 2.75) is 25.7 Å². The van der Waals surface area contributed by atoms with Crippen LogP contribution in [0.5, 0.6) is 0 Å². The Kier molecular flexibility index (Phi) is 6.11. The van der Waals surface area contributed by atoms with E-state index in [-0.39, 0.29) is 17.2 Å². The van der Waals surface area contributed by atoms with Crippen molar-refractivity contribution >= 4 is 17.8 Å². The summed E-state index contributed by atoms with van der Waals surface area (Å²) in [4.78, 5) is 30.3. The zero-order valence-electron chi connectivity index (χ0n) is 16.1. The highest BCUT2D eigenvalue weighted by Crippen LogP contribution is 2.43. The van der Waals surface area contributed by atoms with Crippen LogP contribution in [0.4, 0.5) is 0 Å². The highest BCUT2D eigenvalue weighted by molar-refractivity contribution is 6.21. The number of nitrogens with one attached hydrogen (secondary N) is 2. The maximum absolute atomic E-state index is 12.4. The summed E-state index contributed by atoms with van der Waals surface area (Å²) in [5.74, 6) is 0.233. The third kappa shape index (κ3) is 4.13. The molecular formula is C20H28N4O3. The Morgan fingerprint density at radius 2 is 1.85 bits per heavy atom.